The number of benzene rings is 1. The minimum Gasteiger partial charge on any atom is -0.348 e. The molecule has 1 aromatic carbocycles. The van der Waals surface area contributed by atoms with E-state index in [9.17, 15) is 4.79 Å². The predicted molar refractivity (Wildman–Crippen MR) is 107 cm³/mol. The molecule has 0 aliphatic carbocycles. The second-order valence-corrected chi connectivity index (χ2v) is 7.33. The minimum absolute atomic E-state index is 0.0277. The molecular weight excluding hydrogens is 362 g/mol. The third kappa shape index (κ3) is 4.06. The smallest absolute Gasteiger partial charge is 0.272 e. The molecule has 142 valence electrons. The Hall–Kier alpha value is -2.60. The molecule has 27 heavy (non-hydrogen) atoms. The van der Waals surface area contributed by atoms with Crippen LogP contribution in [0.15, 0.2) is 30.3 Å². The van der Waals surface area contributed by atoms with Crippen molar-refractivity contribution in [2.75, 3.05) is 0 Å². The van der Waals surface area contributed by atoms with Crippen LogP contribution in [-0.4, -0.2) is 31.5 Å². The molecule has 3 aromatic rings. The topological polar surface area (TPSA) is 64.7 Å². The number of amides is 1. The molecule has 0 spiro atoms. The summed E-state index contributed by atoms with van der Waals surface area (Å²) in [6, 6.07) is 9.25. The Labute approximate surface area is 164 Å². The highest BCUT2D eigenvalue weighted by Crippen LogP contribution is 2.22. The summed E-state index contributed by atoms with van der Waals surface area (Å²) in [5, 5.41) is 12.5. The SMILES string of the molecule is Cc1nn(C)c(C)c1C[C@H](C)NC(=O)c1cc(-c2ccc(Cl)cc2)n(C)n1. The average molecular weight is 386 g/mol. The van der Waals surface area contributed by atoms with Crippen LogP contribution in [0, 0.1) is 13.8 Å². The van der Waals surface area contributed by atoms with Gasteiger partial charge in [0.15, 0.2) is 5.69 Å². The Morgan fingerprint density at radius 1 is 1.15 bits per heavy atom. The van der Waals surface area contributed by atoms with Crippen LogP contribution in [0.1, 0.15) is 34.4 Å². The molecule has 0 fully saturated rings. The molecule has 0 unspecified atom stereocenters. The van der Waals surface area contributed by atoms with Crippen LogP contribution >= 0.6 is 11.6 Å². The van der Waals surface area contributed by atoms with Gasteiger partial charge in [-0.2, -0.15) is 10.2 Å². The van der Waals surface area contributed by atoms with E-state index in [1.807, 2.05) is 63.8 Å². The number of aromatic nitrogens is 4. The standard InChI is InChI=1S/C20H24ClN5O/c1-12(10-17-13(2)23-25(4)14(17)3)22-20(27)18-11-19(26(5)24-18)15-6-8-16(21)9-7-15/h6-9,11-12H,10H2,1-5H3,(H,22,27)/t12-/m0/s1. The molecule has 0 bridgehead atoms. The maximum Gasteiger partial charge on any atom is 0.272 e. The van der Waals surface area contributed by atoms with Crippen molar-refractivity contribution in [3.8, 4) is 11.3 Å². The molecule has 1 N–H and O–H groups in total. The fourth-order valence-corrected chi connectivity index (χ4v) is 3.36. The first kappa shape index (κ1) is 19.2. The quantitative estimate of drug-likeness (QED) is 0.731. The maximum absolute atomic E-state index is 12.6. The van der Waals surface area contributed by atoms with Crippen LogP contribution in [0.5, 0.6) is 0 Å². The van der Waals surface area contributed by atoms with E-state index >= 15 is 0 Å². The summed E-state index contributed by atoms with van der Waals surface area (Å²) in [5.41, 5.74) is 5.52. The molecule has 3 rings (SSSR count). The Kier molecular flexibility index (Phi) is 5.37. The van der Waals surface area contributed by atoms with Gasteiger partial charge in [0, 0.05) is 30.9 Å². The molecule has 1 amide bonds. The van der Waals surface area contributed by atoms with Crippen molar-refractivity contribution in [1.82, 2.24) is 24.9 Å². The molecule has 0 aliphatic heterocycles. The monoisotopic (exact) mass is 385 g/mol. The van der Waals surface area contributed by atoms with Crippen LogP contribution in [-0.2, 0) is 20.5 Å². The molecule has 2 heterocycles. The zero-order valence-corrected chi connectivity index (χ0v) is 17.0. The molecule has 6 nitrogen and oxygen atoms in total. The third-order valence-corrected chi connectivity index (χ3v) is 5.05. The van der Waals surface area contributed by atoms with E-state index in [1.54, 1.807) is 10.7 Å². The van der Waals surface area contributed by atoms with Crippen LogP contribution in [0.25, 0.3) is 11.3 Å². The lowest BCUT2D eigenvalue weighted by atomic mass is 10.1. The Morgan fingerprint density at radius 2 is 1.81 bits per heavy atom. The fraction of sp³-hybridized carbons (Fsp3) is 0.350. The van der Waals surface area contributed by atoms with Gasteiger partial charge in [-0.15, -0.1) is 0 Å². The molecule has 0 saturated heterocycles. The van der Waals surface area contributed by atoms with Gasteiger partial charge < -0.3 is 5.32 Å². The number of rotatable bonds is 5. The summed E-state index contributed by atoms with van der Waals surface area (Å²) in [6.07, 6.45) is 0.730. The first-order chi connectivity index (χ1) is 12.8. The lowest BCUT2D eigenvalue weighted by molar-refractivity contribution is 0.0934. The molecule has 0 aliphatic rings. The van der Waals surface area contributed by atoms with Gasteiger partial charge in [-0.1, -0.05) is 23.7 Å². The largest absolute Gasteiger partial charge is 0.348 e. The second kappa shape index (κ2) is 7.56. The predicted octanol–water partition coefficient (Wildman–Crippen LogP) is 3.45. The number of nitrogens with one attached hydrogen (secondary N) is 1. The zero-order valence-electron chi connectivity index (χ0n) is 16.2. The van der Waals surface area contributed by atoms with E-state index in [-0.39, 0.29) is 11.9 Å². The molecule has 0 saturated carbocycles. The third-order valence-electron chi connectivity index (χ3n) is 4.80. The van der Waals surface area contributed by atoms with Gasteiger partial charge in [-0.05, 0) is 56.5 Å². The van der Waals surface area contributed by atoms with Crippen molar-refractivity contribution in [2.45, 2.75) is 33.2 Å². The number of hydrogen-bond donors (Lipinski definition) is 1. The number of carbonyl (C=O) groups is 1. The molecule has 1 atom stereocenters. The Bertz CT molecular complexity index is 971. The summed E-state index contributed by atoms with van der Waals surface area (Å²) in [6.45, 7) is 6.03. The number of nitrogens with zero attached hydrogens (tertiary/aromatic N) is 4. The molecule has 0 radical (unpaired) electrons. The number of carbonyl (C=O) groups excluding carboxylic acids is 1. The van der Waals surface area contributed by atoms with Crippen molar-refractivity contribution in [3.05, 3.63) is 58.0 Å². The van der Waals surface area contributed by atoms with Gasteiger partial charge >= 0.3 is 0 Å². The summed E-state index contributed by atoms with van der Waals surface area (Å²) in [5.74, 6) is -0.183. The van der Waals surface area contributed by atoms with Crippen LogP contribution < -0.4 is 5.32 Å². The van der Waals surface area contributed by atoms with E-state index in [4.69, 9.17) is 11.6 Å². The normalized spacial score (nSPS) is 12.2. The lowest BCUT2D eigenvalue weighted by Crippen LogP contribution is -2.34. The van der Waals surface area contributed by atoms with Gasteiger partial charge in [0.2, 0.25) is 0 Å². The van der Waals surface area contributed by atoms with Crippen LogP contribution in [0.4, 0.5) is 0 Å². The summed E-state index contributed by atoms with van der Waals surface area (Å²) >= 11 is 5.95. The highest BCUT2D eigenvalue weighted by Gasteiger charge is 2.18. The van der Waals surface area contributed by atoms with E-state index in [0.29, 0.717) is 10.7 Å². The van der Waals surface area contributed by atoms with Gasteiger partial charge in [0.25, 0.3) is 5.91 Å². The fourth-order valence-electron chi connectivity index (χ4n) is 3.24. The first-order valence-corrected chi connectivity index (χ1v) is 9.24. The Balaban J connectivity index is 1.72. The summed E-state index contributed by atoms with van der Waals surface area (Å²) in [4.78, 5) is 12.6. The lowest BCUT2D eigenvalue weighted by Gasteiger charge is -2.13. The van der Waals surface area contributed by atoms with Gasteiger partial charge in [0.1, 0.15) is 0 Å². The van der Waals surface area contributed by atoms with Crippen molar-refractivity contribution >= 4 is 17.5 Å². The molecular formula is C20H24ClN5O. The first-order valence-electron chi connectivity index (χ1n) is 8.86. The van der Waals surface area contributed by atoms with Crippen molar-refractivity contribution < 1.29 is 4.79 Å². The number of aryl methyl sites for hydroxylation is 3. The second-order valence-electron chi connectivity index (χ2n) is 6.90. The molecule has 2 aromatic heterocycles. The van der Waals surface area contributed by atoms with E-state index in [2.05, 4.69) is 15.5 Å². The van der Waals surface area contributed by atoms with Gasteiger partial charge in [0.05, 0.1) is 11.4 Å². The van der Waals surface area contributed by atoms with Gasteiger partial charge in [-0.25, -0.2) is 0 Å². The summed E-state index contributed by atoms with van der Waals surface area (Å²) < 4.78 is 3.58. The zero-order chi connectivity index (χ0) is 19.7. The highest BCUT2D eigenvalue weighted by atomic mass is 35.5. The van der Waals surface area contributed by atoms with Crippen LogP contribution in [0.3, 0.4) is 0 Å². The maximum atomic E-state index is 12.6. The van der Waals surface area contributed by atoms with E-state index in [0.717, 1.165) is 29.1 Å². The van der Waals surface area contributed by atoms with E-state index in [1.165, 1.54) is 5.56 Å². The van der Waals surface area contributed by atoms with Crippen molar-refractivity contribution in [1.29, 1.82) is 0 Å². The average Bonchev–Trinajstić information content (AvgIpc) is 3.11. The van der Waals surface area contributed by atoms with Gasteiger partial charge in [-0.3, -0.25) is 14.2 Å². The Morgan fingerprint density at radius 3 is 2.41 bits per heavy atom. The summed E-state index contributed by atoms with van der Waals surface area (Å²) in [7, 11) is 3.76. The number of halogens is 1. The van der Waals surface area contributed by atoms with E-state index < -0.39 is 0 Å². The molecule has 7 heteroatoms. The minimum atomic E-state index is -0.183. The number of hydrogen-bond acceptors (Lipinski definition) is 3. The highest BCUT2D eigenvalue weighted by molar-refractivity contribution is 6.30. The van der Waals surface area contributed by atoms with Crippen LogP contribution in [0.2, 0.25) is 5.02 Å². The van der Waals surface area contributed by atoms with Crippen molar-refractivity contribution in [3.63, 3.8) is 0 Å². The van der Waals surface area contributed by atoms with Crippen molar-refractivity contribution in [2.24, 2.45) is 14.1 Å².